The van der Waals surface area contributed by atoms with Crippen molar-refractivity contribution >= 4 is 23.1 Å². The van der Waals surface area contributed by atoms with Crippen molar-refractivity contribution in [1.82, 2.24) is 4.90 Å². The van der Waals surface area contributed by atoms with E-state index < -0.39 is 0 Å². The second-order valence-electron chi connectivity index (χ2n) is 3.71. The molecule has 0 saturated carbocycles. The molecule has 0 saturated heterocycles. The smallest absolute Gasteiger partial charge is 0.220 e. The van der Waals surface area contributed by atoms with Gasteiger partial charge in [-0.05, 0) is 17.7 Å². The van der Waals surface area contributed by atoms with Crippen LogP contribution in [0.5, 0.6) is 5.75 Å². The van der Waals surface area contributed by atoms with E-state index >= 15 is 0 Å². The Balaban J connectivity index is 3.05. The van der Waals surface area contributed by atoms with Crippen LogP contribution in [0.25, 0.3) is 0 Å². The van der Waals surface area contributed by atoms with Gasteiger partial charge in [0.1, 0.15) is 16.8 Å². The van der Waals surface area contributed by atoms with Gasteiger partial charge in [0.15, 0.2) is 0 Å². The van der Waals surface area contributed by atoms with E-state index in [0.29, 0.717) is 0 Å². The van der Waals surface area contributed by atoms with E-state index in [1.807, 2.05) is 24.3 Å². The maximum atomic E-state index is 11.4. The van der Waals surface area contributed by atoms with Gasteiger partial charge < -0.3 is 15.4 Å². The molecule has 0 fully saturated rings. The van der Waals surface area contributed by atoms with E-state index in [1.165, 1.54) is 11.8 Å². The summed E-state index contributed by atoms with van der Waals surface area (Å²) in [7, 11) is 3.28. The van der Waals surface area contributed by atoms with Crippen molar-refractivity contribution in [2.24, 2.45) is 5.73 Å². The van der Waals surface area contributed by atoms with E-state index in [1.54, 1.807) is 14.2 Å². The third kappa shape index (κ3) is 3.17. The van der Waals surface area contributed by atoms with Gasteiger partial charge >= 0.3 is 0 Å². The van der Waals surface area contributed by atoms with E-state index in [2.05, 4.69) is 0 Å². The van der Waals surface area contributed by atoms with Gasteiger partial charge in [-0.25, -0.2) is 0 Å². The van der Waals surface area contributed by atoms with Crippen LogP contribution in [-0.4, -0.2) is 30.0 Å². The predicted octanol–water partition coefficient (Wildman–Crippen LogP) is 1.50. The molecular weight excluding hydrogens is 236 g/mol. The number of carbonyl (C=O) groups excluding carboxylic acids is 1. The summed E-state index contributed by atoms with van der Waals surface area (Å²) in [4.78, 5) is 13.2. The number of amides is 1. The van der Waals surface area contributed by atoms with Crippen molar-refractivity contribution in [3.8, 4) is 5.75 Å². The molecule has 0 aromatic heterocycles. The van der Waals surface area contributed by atoms with Gasteiger partial charge in [0, 0.05) is 14.0 Å². The summed E-state index contributed by atoms with van der Waals surface area (Å²) in [5.41, 5.74) is 6.56. The van der Waals surface area contributed by atoms with Crippen molar-refractivity contribution in [3.05, 3.63) is 29.8 Å². The second-order valence-corrected chi connectivity index (χ2v) is 4.18. The molecule has 92 valence electrons. The van der Waals surface area contributed by atoms with Gasteiger partial charge in [-0.3, -0.25) is 4.79 Å². The number of benzene rings is 1. The highest BCUT2D eigenvalue weighted by Crippen LogP contribution is 2.22. The van der Waals surface area contributed by atoms with Crippen molar-refractivity contribution in [2.75, 3.05) is 14.2 Å². The Morgan fingerprint density at radius 2 is 1.94 bits per heavy atom. The standard InChI is InChI=1S/C12H16N2O2S/c1-8(15)14(2)11(12(13)17)9-4-6-10(16-3)7-5-9/h4-7,11H,1-3H3,(H2,13,17). The maximum absolute atomic E-state index is 11.4. The molecule has 4 nitrogen and oxygen atoms in total. The molecule has 1 atom stereocenters. The minimum atomic E-state index is -0.381. The second kappa shape index (κ2) is 5.63. The minimum absolute atomic E-state index is 0.0846. The summed E-state index contributed by atoms with van der Waals surface area (Å²) in [5, 5.41) is 0. The predicted molar refractivity (Wildman–Crippen MR) is 71.0 cm³/mol. The van der Waals surface area contributed by atoms with Crippen LogP contribution in [0.15, 0.2) is 24.3 Å². The zero-order chi connectivity index (χ0) is 13.0. The minimum Gasteiger partial charge on any atom is -0.497 e. The molecule has 0 bridgehead atoms. The fraction of sp³-hybridized carbons (Fsp3) is 0.333. The topological polar surface area (TPSA) is 55.6 Å². The molecular formula is C12H16N2O2S. The van der Waals surface area contributed by atoms with Crippen LogP contribution in [0.4, 0.5) is 0 Å². The molecule has 5 heteroatoms. The monoisotopic (exact) mass is 252 g/mol. The van der Waals surface area contributed by atoms with Crippen LogP contribution in [0.2, 0.25) is 0 Å². The summed E-state index contributed by atoms with van der Waals surface area (Å²) in [5.74, 6) is 0.666. The number of nitrogens with two attached hydrogens (primary N) is 1. The summed E-state index contributed by atoms with van der Waals surface area (Å²) in [6, 6.07) is 6.95. The van der Waals surface area contributed by atoms with E-state index in [9.17, 15) is 4.79 Å². The van der Waals surface area contributed by atoms with Gasteiger partial charge in [-0.1, -0.05) is 24.4 Å². The van der Waals surface area contributed by atoms with Crippen LogP contribution in [0.1, 0.15) is 18.5 Å². The maximum Gasteiger partial charge on any atom is 0.220 e. The Bertz CT molecular complexity index is 417. The van der Waals surface area contributed by atoms with Gasteiger partial charge in [-0.2, -0.15) is 0 Å². The fourth-order valence-corrected chi connectivity index (χ4v) is 1.84. The lowest BCUT2D eigenvalue weighted by Gasteiger charge is -2.26. The summed E-state index contributed by atoms with van der Waals surface area (Å²) < 4.78 is 5.07. The molecule has 0 spiro atoms. The van der Waals surface area contributed by atoms with Gasteiger partial charge in [-0.15, -0.1) is 0 Å². The number of likely N-dealkylation sites (N-methyl/N-ethyl adjacent to an activating group) is 1. The molecule has 1 aromatic carbocycles. The van der Waals surface area contributed by atoms with Crippen molar-refractivity contribution in [3.63, 3.8) is 0 Å². The van der Waals surface area contributed by atoms with Crippen molar-refractivity contribution in [2.45, 2.75) is 13.0 Å². The van der Waals surface area contributed by atoms with Gasteiger partial charge in [0.05, 0.1) is 7.11 Å². The van der Waals surface area contributed by atoms with E-state index in [0.717, 1.165) is 11.3 Å². The molecule has 17 heavy (non-hydrogen) atoms. The summed E-state index contributed by atoms with van der Waals surface area (Å²) >= 11 is 5.01. The molecule has 0 aliphatic rings. The molecule has 0 aliphatic heterocycles. The first-order valence-corrected chi connectivity index (χ1v) is 5.55. The third-order valence-corrected chi connectivity index (χ3v) is 2.81. The van der Waals surface area contributed by atoms with Crippen molar-refractivity contribution in [1.29, 1.82) is 0 Å². The average molecular weight is 252 g/mol. The highest BCUT2D eigenvalue weighted by atomic mass is 32.1. The SMILES string of the molecule is COc1ccc(C(C(N)=S)N(C)C(C)=O)cc1. The number of thiocarbonyl (C=S) groups is 1. The highest BCUT2D eigenvalue weighted by Gasteiger charge is 2.21. The van der Waals surface area contributed by atoms with Crippen LogP contribution >= 0.6 is 12.2 Å². The van der Waals surface area contributed by atoms with Gasteiger partial charge in [0.25, 0.3) is 0 Å². The number of ether oxygens (including phenoxy) is 1. The largest absolute Gasteiger partial charge is 0.497 e. The molecule has 1 aromatic rings. The first-order valence-electron chi connectivity index (χ1n) is 5.14. The quantitative estimate of drug-likeness (QED) is 0.825. The Labute approximate surface area is 106 Å². The molecule has 0 heterocycles. The first-order chi connectivity index (χ1) is 7.97. The van der Waals surface area contributed by atoms with Gasteiger partial charge in [0.2, 0.25) is 5.91 Å². The highest BCUT2D eigenvalue weighted by molar-refractivity contribution is 7.80. The molecule has 1 amide bonds. The number of nitrogens with zero attached hydrogens (tertiary/aromatic N) is 1. The number of hydrogen-bond acceptors (Lipinski definition) is 3. The number of rotatable bonds is 4. The lowest BCUT2D eigenvalue weighted by molar-refractivity contribution is -0.128. The van der Waals surface area contributed by atoms with Crippen molar-refractivity contribution < 1.29 is 9.53 Å². The van der Waals surface area contributed by atoms with E-state index in [-0.39, 0.29) is 16.9 Å². The number of methoxy groups -OCH3 is 1. The summed E-state index contributed by atoms with van der Waals surface area (Å²) in [6.07, 6.45) is 0. The normalized spacial score (nSPS) is 11.7. The zero-order valence-corrected chi connectivity index (χ0v) is 11.0. The Kier molecular flexibility index (Phi) is 4.45. The number of carbonyl (C=O) groups is 1. The molecule has 0 radical (unpaired) electrons. The third-order valence-electron chi connectivity index (χ3n) is 2.59. The van der Waals surface area contributed by atoms with Crippen LogP contribution in [0, 0.1) is 0 Å². The average Bonchev–Trinajstić information content (AvgIpc) is 2.29. The van der Waals surface area contributed by atoms with Crippen LogP contribution in [-0.2, 0) is 4.79 Å². The lowest BCUT2D eigenvalue weighted by atomic mass is 10.1. The fourth-order valence-electron chi connectivity index (χ4n) is 1.55. The van der Waals surface area contributed by atoms with Crippen LogP contribution < -0.4 is 10.5 Å². The molecule has 0 aliphatic carbocycles. The first kappa shape index (κ1) is 13.4. The van der Waals surface area contributed by atoms with Crippen LogP contribution in [0.3, 0.4) is 0 Å². The lowest BCUT2D eigenvalue weighted by Crippen LogP contribution is -2.36. The molecule has 1 rings (SSSR count). The summed E-state index contributed by atoms with van der Waals surface area (Å²) in [6.45, 7) is 1.48. The Hall–Kier alpha value is -1.62. The Morgan fingerprint density at radius 3 is 2.29 bits per heavy atom. The molecule has 1 unspecified atom stereocenters. The zero-order valence-electron chi connectivity index (χ0n) is 10.1. The molecule has 2 N–H and O–H groups in total. The van der Waals surface area contributed by atoms with E-state index in [4.69, 9.17) is 22.7 Å². The Morgan fingerprint density at radius 1 is 1.41 bits per heavy atom. The number of hydrogen-bond donors (Lipinski definition) is 1.